The zero-order chi connectivity index (χ0) is 18.7. The lowest BCUT2D eigenvalue weighted by Gasteiger charge is -2.17. The van der Waals surface area contributed by atoms with Crippen molar-refractivity contribution in [3.63, 3.8) is 0 Å². The number of hydrogen-bond acceptors (Lipinski definition) is 2. The molecule has 0 unspecified atom stereocenters. The van der Waals surface area contributed by atoms with Crippen molar-refractivity contribution < 1.29 is 0 Å². The molecule has 0 atom stereocenters. The number of para-hydroxylation sites is 1. The third kappa shape index (κ3) is 4.06. The van der Waals surface area contributed by atoms with Crippen LogP contribution in [0.2, 0.25) is 0 Å². The Bertz CT molecular complexity index is 774. The Hall–Kier alpha value is -1.96. The van der Waals surface area contributed by atoms with E-state index >= 15 is 0 Å². The molecule has 0 saturated carbocycles. The standard InChI is InChI=1S/C24H32N2/c1-16(2)20-11-9-12-21(17(3)4)24(20)25-18(5)22-15-14-19-10-7-6-8-13-23(19)26-22/h9,11-12,14-17H,6-8,10,13H2,1-5H3. The van der Waals surface area contributed by atoms with Crippen LogP contribution in [0, 0.1) is 0 Å². The van der Waals surface area contributed by atoms with Gasteiger partial charge in [-0.1, -0.05) is 58.4 Å². The van der Waals surface area contributed by atoms with Crippen LogP contribution in [0.1, 0.15) is 93.8 Å². The second-order valence-electron chi connectivity index (χ2n) is 8.15. The molecule has 2 heteroatoms. The molecule has 1 heterocycles. The van der Waals surface area contributed by atoms with Gasteiger partial charge in [-0.3, -0.25) is 9.98 Å². The van der Waals surface area contributed by atoms with Gasteiger partial charge in [-0.25, -0.2) is 0 Å². The molecule has 0 fully saturated rings. The highest BCUT2D eigenvalue weighted by Crippen LogP contribution is 2.35. The van der Waals surface area contributed by atoms with Crippen molar-refractivity contribution in [2.24, 2.45) is 4.99 Å². The first-order chi connectivity index (χ1) is 12.5. The first kappa shape index (κ1) is 18.8. The van der Waals surface area contributed by atoms with E-state index in [1.165, 1.54) is 48.1 Å². The Balaban J connectivity index is 2.04. The number of aryl methyl sites for hydroxylation is 2. The van der Waals surface area contributed by atoms with Crippen molar-refractivity contribution in [2.75, 3.05) is 0 Å². The summed E-state index contributed by atoms with van der Waals surface area (Å²) in [4.78, 5) is 10.1. The van der Waals surface area contributed by atoms with Crippen LogP contribution in [0.4, 0.5) is 5.69 Å². The molecular formula is C24H32N2. The van der Waals surface area contributed by atoms with Crippen molar-refractivity contribution >= 4 is 11.4 Å². The lowest BCUT2D eigenvalue weighted by Crippen LogP contribution is -2.05. The predicted molar refractivity (Wildman–Crippen MR) is 112 cm³/mol. The molecule has 3 rings (SSSR count). The van der Waals surface area contributed by atoms with E-state index < -0.39 is 0 Å². The highest BCUT2D eigenvalue weighted by molar-refractivity contribution is 5.99. The van der Waals surface area contributed by atoms with Crippen molar-refractivity contribution in [1.82, 2.24) is 4.98 Å². The topological polar surface area (TPSA) is 25.2 Å². The maximum absolute atomic E-state index is 5.10. The maximum Gasteiger partial charge on any atom is 0.0845 e. The molecule has 2 aromatic rings. The third-order valence-corrected chi connectivity index (χ3v) is 5.42. The van der Waals surface area contributed by atoms with Gasteiger partial charge in [0.2, 0.25) is 0 Å². The van der Waals surface area contributed by atoms with E-state index in [1.54, 1.807) is 0 Å². The van der Waals surface area contributed by atoms with E-state index in [0.717, 1.165) is 23.5 Å². The van der Waals surface area contributed by atoms with Crippen molar-refractivity contribution in [3.05, 3.63) is 58.4 Å². The van der Waals surface area contributed by atoms with Crippen LogP contribution in [0.5, 0.6) is 0 Å². The second-order valence-corrected chi connectivity index (χ2v) is 8.15. The summed E-state index contributed by atoms with van der Waals surface area (Å²) >= 11 is 0. The van der Waals surface area contributed by atoms with Crippen molar-refractivity contribution in [3.8, 4) is 0 Å². The van der Waals surface area contributed by atoms with Gasteiger partial charge < -0.3 is 0 Å². The van der Waals surface area contributed by atoms with E-state index in [4.69, 9.17) is 9.98 Å². The molecule has 1 aliphatic carbocycles. The van der Waals surface area contributed by atoms with Crippen molar-refractivity contribution in [1.29, 1.82) is 0 Å². The molecular weight excluding hydrogens is 316 g/mol. The Labute approximate surface area is 158 Å². The van der Waals surface area contributed by atoms with Crippen LogP contribution in [0.3, 0.4) is 0 Å². The summed E-state index contributed by atoms with van der Waals surface area (Å²) in [5.41, 5.74) is 8.56. The molecule has 2 nitrogen and oxygen atoms in total. The fourth-order valence-corrected chi connectivity index (χ4v) is 3.83. The lowest BCUT2D eigenvalue weighted by atomic mass is 9.93. The van der Waals surface area contributed by atoms with Gasteiger partial charge in [-0.15, -0.1) is 0 Å². The number of nitrogens with zero attached hydrogens (tertiary/aromatic N) is 2. The molecule has 26 heavy (non-hydrogen) atoms. The minimum atomic E-state index is 0.459. The predicted octanol–water partition coefficient (Wildman–Crippen LogP) is 6.74. The van der Waals surface area contributed by atoms with Gasteiger partial charge in [0.05, 0.1) is 17.1 Å². The fraction of sp³-hybridized carbons (Fsp3) is 0.500. The average Bonchev–Trinajstić information content (AvgIpc) is 2.86. The smallest absolute Gasteiger partial charge is 0.0845 e. The van der Waals surface area contributed by atoms with Crippen molar-refractivity contribution in [2.45, 2.75) is 78.6 Å². The van der Waals surface area contributed by atoms with Gasteiger partial charge >= 0.3 is 0 Å². The Morgan fingerprint density at radius 2 is 1.54 bits per heavy atom. The van der Waals surface area contributed by atoms with E-state index in [1.807, 2.05) is 0 Å². The molecule has 0 saturated heterocycles. The molecule has 0 bridgehead atoms. The monoisotopic (exact) mass is 348 g/mol. The van der Waals surface area contributed by atoms with E-state index in [-0.39, 0.29) is 0 Å². The highest BCUT2D eigenvalue weighted by atomic mass is 14.8. The largest absolute Gasteiger partial charge is 0.251 e. The maximum atomic E-state index is 5.10. The number of aliphatic imine (C=N–C) groups is 1. The van der Waals surface area contributed by atoms with Crippen LogP contribution >= 0.6 is 0 Å². The molecule has 0 N–H and O–H groups in total. The Morgan fingerprint density at radius 3 is 2.19 bits per heavy atom. The summed E-state index contributed by atoms with van der Waals surface area (Å²) in [5.74, 6) is 0.917. The van der Waals surface area contributed by atoms with Gasteiger partial charge in [0.25, 0.3) is 0 Å². The Kier molecular flexibility index (Phi) is 5.90. The zero-order valence-electron chi connectivity index (χ0n) is 17.0. The van der Waals surface area contributed by atoms with Crippen LogP contribution in [0.15, 0.2) is 35.3 Å². The summed E-state index contributed by atoms with van der Waals surface area (Å²) < 4.78 is 0. The Morgan fingerprint density at radius 1 is 0.885 bits per heavy atom. The van der Waals surface area contributed by atoms with E-state index in [2.05, 4.69) is 65.0 Å². The average molecular weight is 349 g/mol. The molecule has 1 aromatic heterocycles. The van der Waals surface area contributed by atoms with Crippen LogP contribution in [-0.4, -0.2) is 10.7 Å². The van der Waals surface area contributed by atoms with Crippen LogP contribution in [0.25, 0.3) is 0 Å². The molecule has 138 valence electrons. The summed E-state index contributed by atoms with van der Waals surface area (Å²) in [6, 6.07) is 11.0. The van der Waals surface area contributed by atoms with Gasteiger partial charge in [-0.2, -0.15) is 0 Å². The molecule has 0 amide bonds. The van der Waals surface area contributed by atoms with Crippen LogP contribution in [-0.2, 0) is 12.8 Å². The lowest BCUT2D eigenvalue weighted by molar-refractivity contribution is 0.708. The van der Waals surface area contributed by atoms with Crippen LogP contribution < -0.4 is 0 Å². The minimum Gasteiger partial charge on any atom is -0.251 e. The number of benzene rings is 1. The normalized spacial score (nSPS) is 15.3. The van der Waals surface area contributed by atoms with Gasteiger partial charge in [0.1, 0.15) is 0 Å². The van der Waals surface area contributed by atoms with Gasteiger partial charge in [0, 0.05) is 5.69 Å². The molecule has 1 aliphatic rings. The molecule has 0 aliphatic heterocycles. The fourth-order valence-electron chi connectivity index (χ4n) is 3.83. The number of pyridine rings is 1. The molecule has 0 spiro atoms. The number of hydrogen-bond donors (Lipinski definition) is 0. The summed E-state index contributed by atoms with van der Waals surface area (Å²) in [6.07, 6.45) is 6.15. The second kappa shape index (κ2) is 8.16. The highest BCUT2D eigenvalue weighted by Gasteiger charge is 2.15. The minimum absolute atomic E-state index is 0.459. The van der Waals surface area contributed by atoms with Gasteiger partial charge in [-0.05, 0) is 67.2 Å². The third-order valence-electron chi connectivity index (χ3n) is 5.42. The summed E-state index contributed by atoms with van der Waals surface area (Å²) in [5, 5.41) is 0. The first-order valence-electron chi connectivity index (χ1n) is 10.1. The number of rotatable bonds is 4. The number of fused-ring (bicyclic) bond motifs is 1. The summed E-state index contributed by atoms with van der Waals surface area (Å²) in [6.45, 7) is 11.1. The molecule has 1 aromatic carbocycles. The molecule has 0 radical (unpaired) electrons. The number of aromatic nitrogens is 1. The summed E-state index contributed by atoms with van der Waals surface area (Å²) in [7, 11) is 0. The quantitative estimate of drug-likeness (QED) is 0.444. The SMILES string of the molecule is CC(=Nc1c(C(C)C)cccc1C(C)C)c1ccc2c(n1)CCCCC2. The zero-order valence-corrected chi connectivity index (χ0v) is 17.0. The van der Waals surface area contributed by atoms with E-state index in [9.17, 15) is 0 Å². The first-order valence-corrected chi connectivity index (χ1v) is 10.1. The van der Waals surface area contributed by atoms with E-state index in [0.29, 0.717) is 11.8 Å². The van der Waals surface area contributed by atoms with Gasteiger partial charge in [0.15, 0.2) is 0 Å².